The molecule has 2 heteroatoms. The third kappa shape index (κ3) is 9.84. The Morgan fingerprint density at radius 1 is 1.23 bits per heavy atom. The Morgan fingerprint density at radius 2 is 1.85 bits per heavy atom. The SMILES string of the molecule is CC(CCOCC[O])CC(C)(C)C. The van der Waals surface area contributed by atoms with Crippen molar-refractivity contribution in [1.82, 2.24) is 0 Å². The van der Waals surface area contributed by atoms with Crippen molar-refractivity contribution in [1.29, 1.82) is 0 Å². The predicted molar refractivity (Wildman–Crippen MR) is 54.2 cm³/mol. The van der Waals surface area contributed by atoms with Crippen molar-refractivity contribution in [3.63, 3.8) is 0 Å². The van der Waals surface area contributed by atoms with Gasteiger partial charge in [-0.3, -0.25) is 0 Å². The van der Waals surface area contributed by atoms with Gasteiger partial charge in [-0.1, -0.05) is 27.7 Å². The summed E-state index contributed by atoms with van der Waals surface area (Å²) < 4.78 is 5.16. The molecule has 0 aromatic carbocycles. The number of hydrogen-bond donors (Lipinski definition) is 0. The fraction of sp³-hybridized carbons (Fsp3) is 1.00. The number of hydrogen-bond acceptors (Lipinski definition) is 1. The van der Waals surface area contributed by atoms with Crippen LogP contribution in [0.25, 0.3) is 0 Å². The minimum atomic E-state index is -0.117. The van der Waals surface area contributed by atoms with Crippen molar-refractivity contribution in [2.45, 2.75) is 40.5 Å². The lowest BCUT2D eigenvalue weighted by Crippen LogP contribution is -2.13. The van der Waals surface area contributed by atoms with Gasteiger partial charge in [0.05, 0.1) is 6.61 Å². The Morgan fingerprint density at radius 3 is 2.31 bits per heavy atom. The number of rotatable bonds is 6. The molecule has 0 N–H and O–H groups in total. The van der Waals surface area contributed by atoms with Gasteiger partial charge in [-0.25, -0.2) is 5.11 Å². The van der Waals surface area contributed by atoms with E-state index in [1.54, 1.807) is 0 Å². The van der Waals surface area contributed by atoms with Crippen LogP contribution in [-0.4, -0.2) is 19.8 Å². The first-order valence-corrected chi connectivity index (χ1v) is 5.11. The van der Waals surface area contributed by atoms with Crippen molar-refractivity contribution in [2.75, 3.05) is 19.8 Å². The average molecular weight is 187 g/mol. The summed E-state index contributed by atoms with van der Waals surface area (Å²) in [6.07, 6.45) is 2.28. The third-order valence-electron chi connectivity index (χ3n) is 1.94. The molecule has 0 saturated heterocycles. The highest BCUT2D eigenvalue weighted by Gasteiger charge is 2.14. The fourth-order valence-corrected chi connectivity index (χ4v) is 1.59. The molecule has 0 aliphatic carbocycles. The van der Waals surface area contributed by atoms with Crippen LogP contribution in [0.3, 0.4) is 0 Å². The van der Waals surface area contributed by atoms with E-state index in [0.29, 0.717) is 17.9 Å². The monoisotopic (exact) mass is 187 g/mol. The lowest BCUT2D eigenvalue weighted by atomic mass is 9.84. The molecular weight excluding hydrogens is 164 g/mol. The van der Waals surface area contributed by atoms with Gasteiger partial charge in [0.1, 0.15) is 6.61 Å². The minimum Gasteiger partial charge on any atom is -0.379 e. The predicted octanol–water partition coefficient (Wildman–Crippen LogP) is 2.90. The van der Waals surface area contributed by atoms with Crippen LogP contribution in [-0.2, 0) is 9.84 Å². The first-order chi connectivity index (χ1) is 5.95. The second-order valence-electron chi connectivity index (χ2n) is 4.98. The highest BCUT2D eigenvalue weighted by Crippen LogP contribution is 2.25. The Bertz CT molecular complexity index is 116. The van der Waals surface area contributed by atoms with Crippen molar-refractivity contribution < 1.29 is 9.84 Å². The zero-order valence-electron chi connectivity index (χ0n) is 9.43. The molecule has 0 rings (SSSR count). The van der Waals surface area contributed by atoms with Gasteiger partial charge >= 0.3 is 0 Å². The molecule has 0 aromatic heterocycles. The maximum absolute atomic E-state index is 10.1. The summed E-state index contributed by atoms with van der Waals surface area (Å²) >= 11 is 0. The van der Waals surface area contributed by atoms with E-state index in [4.69, 9.17) is 4.74 Å². The van der Waals surface area contributed by atoms with Gasteiger partial charge in [0.15, 0.2) is 0 Å². The summed E-state index contributed by atoms with van der Waals surface area (Å²) in [7, 11) is 0. The van der Waals surface area contributed by atoms with Gasteiger partial charge < -0.3 is 4.74 Å². The van der Waals surface area contributed by atoms with Crippen LogP contribution in [0, 0.1) is 11.3 Å². The summed E-state index contributed by atoms with van der Waals surface area (Å²) in [6, 6.07) is 0. The molecule has 0 amide bonds. The Labute approximate surface area is 82.3 Å². The van der Waals surface area contributed by atoms with E-state index in [0.717, 1.165) is 13.0 Å². The largest absolute Gasteiger partial charge is 0.379 e. The molecule has 0 spiro atoms. The molecule has 1 atom stereocenters. The smallest absolute Gasteiger partial charge is 0.106 e. The maximum Gasteiger partial charge on any atom is 0.106 e. The molecule has 0 bridgehead atoms. The maximum atomic E-state index is 10.1. The van der Waals surface area contributed by atoms with Crippen LogP contribution >= 0.6 is 0 Å². The molecule has 0 aliphatic rings. The molecule has 0 aliphatic heterocycles. The third-order valence-corrected chi connectivity index (χ3v) is 1.94. The molecule has 1 unspecified atom stereocenters. The molecule has 0 saturated carbocycles. The van der Waals surface area contributed by atoms with E-state index in [2.05, 4.69) is 27.7 Å². The van der Waals surface area contributed by atoms with Gasteiger partial charge in [0, 0.05) is 6.61 Å². The molecule has 0 fully saturated rings. The van der Waals surface area contributed by atoms with E-state index in [9.17, 15) is 5.11 Å². The molecule has 2 nitrogen and oxygen atoms in total. The lowest BCUT2D eigenvalue weighted by molar-refractivity contribution is 0.0558. The molecule has 0 heterocycles. The highest BCUT2D eigenvalue weighted by atomic mass is 16.5. The van der Waals surface area contributed by atoms with Gasteiger partial charge in [-0.05, 0) is 24.2 Å². The fourth-order valence-electron chi connectivity index (χ4n) is 1.59. The molecule has 79 valence electrons. The summed E-state index contributed by atoms with van der Waals surface area (Å²) in [5.41, 5.74) is 0.401. The standard InChI is InChI=1S/C11H23O2/c1-10(9-11(2,3)4)5-7-13-8-6-12/h10H,5-9H2,1-4H3. The summed E-state index contributed by atoms with van der Waals surface area (Å²) in [5, 5.41) is 10.1. The zero-order valence-corrected chi connectivity index (χ0v) is 9.43. The topological polar surface area (TPSA) is 29.1 Å². The Balaban J connectivity index is 3.35. The van der Waals surface area contributed by atoms with E-state index in [-0.39, 0.29) is 6.61 Å². The van der Waals surface area contributed by atoms with Crippen LogP contribution in [0.2, 0.25) is 0 Å². The van der Waals surface area contributed by atoms with Crippen molar-refractivity contribution >= 4 is 0 Å². The summed E-state index contributed by atoms with van der Waals surface area (Å²) in [5.74, 6) is 0.687. The van der Waals surface area contributed by atoms with E-state index < -0.39 is 0 Å². The average Bonchev–Trinajstić information content (AvgIpc) is 1.94. The van der Waals surface area contributed by atoms with E-state index in [1.165, 1.54) is 6.42 Å². The minimum absolute atomic E-state index is 0.117. The Kier molecular flexibility index (Phi) is 6.35. The van der Waals surface area contributed by atoms with Gasteiger partial charge in [-0.2, -0.15) is 0 Å². The lowest BCUT2D eigenvalue weighted by Gasteiger charge is -2.22. The van der Waals surface area contributed by atoms with Crippen LogP contribution in [0.4, 0.5) is 0 Å². The van der Waals surface area contributed by atoms with Gasteiger partial charge in [0.25, 0.3) is 0 Å². The normalized spacial score (nSPS) is 14.5. The quantitative estimate of drug-likeness (QED) is 0.588. The first kappa shape index (κ1) is 12.9. The zero-order chi connectivity index (χ0) is 10.3. The van der Waals surface area contributed by atoms with Crippen molar-refractivity contribution in [3.8, 4) is 0 Å². The number of ether oxygens (including phenoxy) is 1. The van der Waals surface area contributed by atoms with Crippen LogP contribution in [0.15, 0.2) is 0 Å². The summed E-state index contributed by atoms with van der Waals surface area (Å²) in [6.45, 7) is 9.98. The molecule has 0 aromatic rings. The molecular formula is C11H23O2. The second-order valence-corrected chi connectivity index (χ2v) is 4.98. The van der Waals surface area contributed by atoms with E-state index >= 15 is 0 Å². The second kappa shape index (κ2) is 6.39. The van der Waals surface area contributed by atoms with Crippen LogP contribution in [0.1, 0.15) is 40.5 Å². The van der Waals surface area contributed by atoms with Crippen LogP contribution < -0.4 is 0 Å². The van der Waals surface area contributed by atoms with E-state index in [1.807, 2.05) is 0 Å². The molecule has 1 radical (unpaired) electrons. The van der Waals surface area contributed by atoms with Crippen molar-refractivity contribution in [3.05, 3.63) is 0 Å². The highest BCUT2D eigenvalue weighted by molar-refractivity contribution is 4.65. The Hall–Kier alpha value is -0.0800. The van der Waals surface area contributed by atoms with Gasteiger partial charge in [0.2, 0.25) is 0 Å². The first-order valence-electron chi connectivity index (χ1n) is 5.11. The summed E-state index contributed by atoms with van der Waals surface area (Å²) in [4.78, 5) is 0. The van der Waals surface area contributed by atoms with Crippen molar-refractivity contribution in [2.24, 2.45) is 11.3 Å². The van der Waals surface area contributed by atoms with Gasteiger partial charge in [-0.15, -0.1) is 0 Å². The molecule has 13 heavy (non-hydrogen) atoms. The van der Waals surface area contributed by atoms with Crippen LogP contribution in [0.5, 0.6) is 0 Å².